The maximum Gasteiger partial charge on any atom is 0.314 e. The molecule has 152 valence electrons. The van der Waals surface area contributed by atoms with Crippen LogP contribution in [0.4, 0.5) is 10.6 Å². The highest BCUT2D eigenvalue weighted by atomic mass is 32.1. The highest BCUT2D eigenvalue weighted by molar-refractivity contribution is 7.17. The van der Waals surface area contributed by atoms with Gasteiger partial charge in [0.15, 0.2) is 5.82 Å². The quantitative estimate of drug-likeness (QED) is 0.507. The van der Waals surface area contributed by atoms with Crippen molar-refractivity contribution >= 4 is 44.7 Å². The molecule has 0 saturated carbocycles. The van der Waals surface area contributed by atoms with Gasteiger partial charge in [0, 0.05) is 37.1 Å². The van der Waals surface area contributed by atoms with Crippen LogP contribution in [-0.4, -0.2) is 47.1 Å². The fourth-order valence-electron chi connectivity index (χ4n) is 3.85. The number of amides is 2. The largest absolute Gasteiger partial charge is 0.354 e. The van der Waals surface area contributed by atoms with Crippen molar-refractivity contribution in [1.29, 1.82) is 0 Å². The molecule has 0 aliphatic carbocycles. The van der Waals surface area contributed by atoms with Crippen LogP contribution in [0.5, 0.6) is 0 Å². The first-order valence-corrected chi connectivity index (χ1v) is 11.6. The SMILES string of the molecule is NC(=O)N1CCCN(c2nc(-c3cccs3)nc3scc(-c4ccccc4)c23)CC1. The van der Waals surface area contributed by atoms with Crippen LogP contribution in [0.15, 0.2) is 53.2 Å². The van der Waals surface area contributed by atoms with Gasteiger partial charge in [-0.25, -0.2) is 14.8 Å². The number of rotatable bonds is 3. The molecule has 30 heavy (non-hydrogen) atoms. The number of hydrogen-bond donors (Lipinski definition) is 1. The van der Waals surface area contributed by atoms with Crippen molar-refractivity contribution in [1.82, 2.24) is 14.9 Å². The number of aromatic nitrogens is 2. The van der Waals surface area contributed by atoms with Crippen LogP contribution in [0.1, 0.15) is 6.42 Å². The van der Waals surface area contributed by atoms with Crippen molar-refractivity contribution < 1.29 is 4.79 Å². The Kier molecular flexibility index (Phi) is 5.10. The van der Waals surface area contributed by atoms with Crippen LogP contribution in [0.3, 0.4) is 0 Å². The summed E-state index contributed by atoms with van der Waals surface area (Å²) in [7, 11) is 0. The second kappa shape index (κ2) is 8.04. The molecule has 1 aliphatic heterocycles. The summed E-state index contributed by atoms with van der Waals surface area (Å²) in [5.41, 5.74) is 7.84. The third kappa shape index (κ3) is 3.53. The van der Waals surface area contributed by atoms with E-state index in [4.69, 9.17) is 15.7 Å². The molecule has 2 N–H and O–H groups in total. The van der Waals surface area contributed by atoms with Crippen molar-refractivity contribution in [3.05, 3.63) is 53.2 Å². The predicted octanol–water partition coefficient (Wildman–Crippen LogP) is 4.68. The van der Waals surface area contributed by atoms with Crippen molar-refractivity contribution in [2.45, 2.75) is 6.42 Å². The fourth-order valence-corrected chi connectivity index (χ4v) is 5.45. The number of fused-ring (bicyclic) bond motifs is 1. The zero-order valence-electron chi connectivity index (χ0n) is 16.3. The van der Waals surface area contributed by atoms with E-state index in [1.54, 1.807) is 27.6 Å². The van der Waals surface area contributed by atoms with Gasteiger partial charge in [0.25, 0.3) is 0 Å². The lowest BCUT2D eigenvalue weighted by molar-refractivity contribution is 0.211. The molecule has 1 aliphatic rings. The van der Waals surface area contributed by atoms with Crippen LogP contribution >= 0.6 is 22.7 Å². The van der Waals surface area contributed by atoms with E-state index in [1.165, 1.54) is 0 Å². The molecular weight excluding hydrogens is 414 g/mol. The number of primary amides is 1. The van der Waals surface area contributed by atoms with E-state index in [2.05, 4.69) is 40.6 Å². The third-order valence-electron chi connectivity index (χ3n) is 5.35. The molecule has 0 radical (unpaired) electrons. The van der Waals surface area contributed by atoms with Gasteiger partial charge in [0.1, 0.15) is 10.6 Å². The van der Waals surface area contributed by atoms with E-state index in [9.17, 15) is 4.79 Å². The Morgan fingerprint density at radius 3 is 2.60 bits per heavy atom. The lowest BCUT2D eigenvalue weighted by Gasteiger charge is -2.23. The molecule has 1 saturated heterocycles. The van der Waals surface area contributed by atoms with Crippen LogP contribution in [-0.2, 0) is 0 Å². The van der Waals surface area contributed by atoms with E-state index in [-0.39, 0.29) is 6.03 Å². The smallest absolute Gasteiger partial charge is 0.314 e. The van der Waals surface area contributed by atoms with Gasteiger partial charge in [-0.05, 0) is 23.4 Å². The van der Waals surface area contributed by atoms with Crippen LogP contribution in [0.25, 0.3) is 32.0 Å². The van der Waals surface area contributed by atoms with Crippen molar-refractivity contribution in [2.24, 2.45) is 5.73 Å². The summed E-state index contributed by atoms with van der Waals surface area (Å²) >= 11 is 3.29. The maximum atomic E-state index is 11.7. The number of carbonyl (C=O) groups is 1. The van der Waals surface area contributed by atoms with Crippen LogP contribution in [0, 0.1) is 0 Å². The van der Waals surface area contributed by atoms with E-state index in [0.29, 0.717) is 19.6 Å². The minimum Gasteiger partial charge on any atom is -0.354 e. The molecule has 6 nitrogen and oxygen atoms in total. The summed E-state index contributed by atoms with van der Waals surface area (Å²) in [6.07, 6.45) is 0.855. The first-order chi connectivity index (χ1) is 14.7. The molecule has 4 heterocycles. The van der Waals surface area contributed by atoms with E-state index < -0.39 is 0 Å². The number of nitrogens with zero attached hydrogens (tertiary/aromatic N) is 4. The molecule has 0 bridgehead atoms. The zero-order valence-corrected chi connectivity index (χ0v) is 18.0. The Morgan fingerprint density at radius 2 is 1.83 bits per heavy atom. The minimum atomic E-state index is -0.357. The summed E-state index contributed by atoms with van der Waals surface area (Å²) in [6, 6.07) is 14.1. The fraction of sp³-hybridized carbons (Fsp3) is 0.227. The van der Waals surface area contributed by atoms with Crippen molar-refractivity contribution in [3.8, 4) is 21.8 Å². The van der Waals surface area contributed by atoms with Gasteiger partial charge in [-0.1, -0.05) is 36.4 Å². The van der Waals surface area contributed by atoms with Gasteiger partial charge < -0.3 is 15.5 Å². The van der Waals surface area contributed by atoms with E-state index in [1.807, 2.05) is 17.5 Å². The summed E-state index contributed by atoms with van der Waals surface area (Å²) in [4.78, 5) is 27.6. The molecule has 0 atom stereocenters. The topological polar surface area (TPSA) is 75.4 Å². The normalized spacial score (nSPS) is 14.8. The highest BCUT2D eigenvalue weighted by Gasteiger charge is 2.23. The standard InChI is InChI=1S/C22H21N5OS2/c23-22(28)27-10-5-9-26(11-12-27)20-18-16(15-6-2-1-3-7-15)14-30-21(18)25-19(24-20)17-8-4-13-29-17/h1-4,6-8,13-14H,5,9-12H2,(H2,23,28). The Hall–Kier alpha value is -2.97. The van der Waals surface area contributed by atoms with Crippen molar-refractivity contribution in [3.63, 3.8) is 0 Å². The van der Waals surface area contributed by atoms with Crippen LogP contribution in [0.2, 0.25) is 0 Å². The molecule has 3 aromatic heterocycles. The maximum absolute atomic E-state index is 11.7. The third-order valence-corrected chi connectivity index (χ3v) is 7.09. The molecule has 0 spiro atoms. The number of hydrogen-bond acceptors (Lipinski definition) is 6. The summed E-state index contributed by atoms with van der Waals surface area (Å²) < 4.78 is 0. The second-order valence-corrected chi connectivity index (χ2v) is 9.02. The molecule has 1 aromatic carbocycles. The summed E-state index contributed by atoms with van der Waals surface area (Å²) in [6.45, 7) is 2.79. The molecule has 8 heteroatoms. The van der Waals surface area contributed by atoms with Gasteiger partial charge >= 0.3 is 6.03 Å². The van der Waals surface area contributed by atoms with Crippen LogP contribution < -0.4 is 10.6 Å². The Labute approximate surface area is 182 Å². The zero-order chi connectivity index (χ0) is 20.5. The molecule has 4 aromatic rings. The van der Waals surface area contributed by atoms with Gasteiger partial charge in [0.2, 0.25) is 0 Å². The number of anilines is 1. The van der Waals surface area contributed by atoms with Gasteiger partial charge in [-0.3, -0.25) is 0 Å². The summed E-state index contributed by atoms with van der Waals surface area (Å²) in [5, 5.41) is 5.30. The summed E-state index contributed by atoms with van der Waals surface area (Å²) in [5.74, 6) is 1.69. The number of carbonyl (C=O) groups excluding carboxylic acids is 1. The molecule has 1 fully saturated rings. The van der Waals surface area contributed by atoms with Crippen molar-refractivity contribution in [2.75, 3.05) is 31.1 Å². The molecule has 2 amide bonds. The average molecular weight is 436 g/mol. The van der Waals surface area contributed by atoms with Gasteiger partial charge in [-0.15, -0.1) is 22.7 Å². The predicted molar refractivity (Wildman–Crippen MR) is 124 cm³/mol. The number of benzene rings is 1. The van der Waals surface area contributed by atoms with Gasteiger partial charge in [-0.2, -0.15) is 0 Å². The molecular formula is C22H21N5OS2. The number of nitrogens with two attached hydrogens (primary N) is 1. The van der Waals surface area contributed by atoms with E-state index >= 15 is 0 Å². The number of urea groups is 1. The molecule has 5 rings (SSSR count). The lowest BCUT2D eigenvalue weighted by Crippen LogP contribution is -2.38. The number of thiophene rings is 2. The lowest BCUT2D eigenvalue weighted by atomic mass is 10.1. The average Bonchev–Trinajstić information content (AvgIpc) is 3.38. The minimum absolute atomic E-state index is 0.357. The Balaban J connectivity index is 1.65. The first kappa shape index (κ1) is 19.0. The Bertz CT molecular complexity index is 1170. The van der Waals surface area contributed by atoms with Gasteiger partial charge in [0.05, 0.1) is 10.3 Å². The second-order valence-electron chi connectivity index (χ2n) is 7.21. The highest BCUT2D eigenvalue weighted by Crippen LogP contribution is 2.40. The van der Waals surface area contributed by atoms with E-state index in [0.717, 1.165) is 50.8 Å². The Morgan fingerprint density at radius 1 is 0.967 bits per heavy atom. The monoisotopic (exact) mass is 435 g/mol. The molecule has 0 unspecified atom stereocenters. The first-order valence-electron chi connectivity index (χ1n) is 9.88.